The van der Waals surface area contributed by atoms with Crippen LogP contribution in [0.2, 0.25) is 0 Å². The van der Waals surface area contributed by atoms with Crippen LogP contribution in [-0.2, 0) is 4.79 Å². The molecule has 33 heavy (non-hydrogen) atoms. The van der Waals surface area contributed by atoms with Gasteiger partial charge in [0.25, 0.3) is 0 Å². The molecule has 4 rings (SSSR count). The lowest BCUT2D eigenvalue weighted by atomic mass is 10.1. The van der Waals surface area contributed by atoms with E-state index in [9.17, 15) is 4.79 Å². The zero-order chi connectivity index (χ0) is 23.4. The van der Waals surface area contributed by atoms with Crippen molar-refractivity contribution in [1.82, 2.24) is 14.8 Å². The molecule has 7 heteroatoms. The van der Waals surface area contributed by atoms with Crippen LogP contribution in [0.4, 0.5) is 11.4 Å². The van der Waals surface area contributed by atoms with Gasteiger partial charge >= 0.3 is 0 Å². The van der Waals surface area contributed by atoms with E-state index < -0.39 is 0 Å². The topological polar surface area (TPSA) is 63.1 Å². The minimum Gasteiger partial charge on any atom is -0.378 e. The fourth-order valence-electron chi connectivity index (χ4n) is 3.55. The van der Waals surface area contributed by atoms with Gasteiger partial charge in [-0.3, -0.25) is 9.36 Å². The predicted molar refractivity (Wildman–Crippen MR) is 136 cm³/mol. The van der Waals surface area contributed by atoms with Crippen LogP contribution in [-0.4, -0.2) is 40.5 Å². The molecule has 1 N–H and O–H groups in total. The molecule has 0 aliphatic carbocycles. The first kappa shape index (κ1) is 22.6. The van der Waals surface area contributed by atoms with Crippen LogP contribution >= 0.6 is 11.8 Å². The van der Waals surface area contributed by atoms with Crippen LogP contribution in [0.1, 0.15) is 11.1 Å². The molecule has 168 valence electrons. The average Bonchev–Trinajstić information content (AvgIpc) is 3.24. The summed E-state index contributed by atoms with van der Waals surface area (Å²) in [6.45, 7) is 4.03. The standard InChI is InChI=1S/C26H27N5OS/c1-18-13-14-23(19(2)15-18)27-24(32)17-33-26-29-28-25(31(26)21-10-6-5-7-11-21)20-9-8-12-22(16-20)30(3)4/h5-16H,17H2,1-4H3,(H,27,32). The first-order valence-electron chi connectivity index (χ1n) is 10.7. The van der Waals surface area contributed by atoms with Crippen LogP contribution in [0.15, 0.2) is 78.0 Å². The number of hydrogen-bond acceptors (Lipinski definition) is 5. The van der Waals surface area contributed by atoms with E-state index in [-0.39, 0.29) is 11.7 Å². The first-order chi connectivity index (χ1) is 15.9. The molecule has 0 atom stereocenters. The largest absolute Gasteiger partial charge is 0.378 e. The summed E-state index contributed by atoms with van der Waals surface area (Å²) in [5.74, 6) is 0.892. The molecule has 6 nitrogen and oxygen atoms in total. The number of nitrogens with one attached hydrogen (secondary N) is 1. The van der Waals surface area contributed by atoms with Gasteiger partial charge < -0.3 is 10.2 Å². The number of rotatable bonds is 7. The summed E-state index contributed by atoms with van der Waals surface area (Å²) in [5.41, 5.74) is 6.04. The second kappa shape index (κ2) is 9.92. The normalized spacial score (nSPS) is 10.8. The Kier molecular flexibility index (Phi) is 6.79. The molecule has 0 aliphatic rings. The SMILES string of the molecule is Cc1ccc(NC(=O)CSc2nnc(-c3cccc(N(C)C)c3)n2-c2ccccc2)c(C)c1. The van der Waals surface area contributed by atoms with E-state index in [2.05, 4.69) is 38.6 Å². The molecule has 0 fully saturated rings. The first-order valence-corrected chi connectivity index (χ1v) is 11.7. The zero-order valence-electron chi connectivity index (χ0n) is 19.2. The lowest BCUT2D eigenvalue weighted by molar-refractivity contribution is -0.113. The molecule has 0 unspecified atom stereocenters. The van der Waals surface area contributed by atoms with Crippen LogP contribution in [0.25, 0.3) is 17.1 Å². The fourth-order valence-corrected chi connectivity index (χ4v) is 4.31. The molecule has 1 amide bonds. The Hall–Kier alpha value is -3.58. The minimum atomic E-state index is -0.0780. The number of aryl methyl sites for hydroxylation is 2. The summed E-state index contributed by atoms with van der Waals surface area (Å²) < 4.78 is 2.00. The number of hydrogen-bond donors (Lipinski definition) is 1. The summed E-state index contributed by atoms with van der Waals surface area (Å²) in [6.07, 6.45) is 0. The van der Waals surface area contributed by atoms with Crippen LogP contribution < -0.4 is 10.2 Å². The Balaban J connectivity index is 1.61. The number of anilines is 2. The Morgan fingerprint density at radius 1 is 0.970 bits per heavy atom. The monoisotopic (exact) mass is 457 g/mol. The maximum absolute atomic E-state index is 12.7. The van der Waals surface area contributed by atoms with Gasteiger partial charge in [0.1, 0.15) is 0 Å². The van der Waals surface area contributed by atoms with Crippen molar-refractivity contribution in [1.29, 1.82) is 0 Å². The van der Waals surface area contributed by atoms with Gasteiger partial charge in [-0.15, -0.1) is 10.2 Å². The van der Waals surface area contributed by atoms with Gasteiger partial charge in [0.05, 0.1) is 5.75 Å². The van der Waals surface area contributed by atoms with Crippen molar-refractivity contribution in [3.63, 3.8) is 0 Å². The molecule has 0 radical (unpaired) electrons. The van der Waals surface area contributed by atoms with Crippen molar-refractivity contribution in [2.45, 2.75) is 19.0 Å². The minimum absolute atomic E-state index is 0.0780. The number of aromatic nitrogens is 3. The molecular formula is C26H27N5OS. The predicted octanol–water partition coefficient (Wildman–Crippen LogP) is 5.35. The number of carbonyl (C=O) groups excluding carboxylic acids is 1. The van der Waals surface area contributed by atoms with Gasteiger partial charge in [0.15, 0.2) is 11.0 Å². The van der Waals surface area contributed by atoms with Gasteiger partial charge in [0.2, 0.25) is 5.91 Å². The molecule has 0 bridgehead atoms. The summed E-state index contributed by atoms with van der Waals surface area (Å²) in [5, 5.41) is 12.6. The smallest absolute Gasteiger partial charge is 0.234 e. The van der Waals surface area contributed by atoms with E-state index in [4.69, 9.17) is 0 Å². The highest BCUT2D eigenvalue weighted by atomic mass is 32.2. The molecule has 1 aromatic heterocycles. The van der Waals surface area contributed by atoms with E-state index in [1.54, 1.807) is 0 Å². The van der Waals surface area contributed by atoms with Gasteiger partial charge in [-0.25, -0.2) is 0 Å². The summed E-state index contributed by atoms with van der Waals surface area (Å²) in [4.78, 5) is 14.7. The van der Waals surface area contributed by atoms with Crippen molar-refractivity contribution >= 4 is 29.0 Å². The van der Waals surface area contributed by atoms with Gasteiger partial charge in [-0.05, 0) is 49.7 Å². The van der Waals surface area contributed by atoms with E-state index in [0.717, 1.165) is 34.0 Å². The van der Waals surface area contributed by atoms with Crippen molar-refractivity contribution in [3.8, 4) is 17.1 Å². The Morgan fingerprint density at radius 3 is 2.48 bits per heavy atom. The highest BCUT2D eigenvalue weighted by Gasteiger charge is 2.18. The Bertz CT molecular complexity index is 1270. The van der Waals surface area contributed by atoms with Gasteiger partial charge in [-0.1, -0.05) is 59.8 Å². The lowest BCUT2D eigenvalue weighted by Gasteiger charge is -2.14. The van der Waals surface area contributed by atoms with Crippen LogP contribution in [0.3, 0.4) is 0 Å². The number of carbonyl (C=O) groups is 1. The number of thioether (sulfide) groups is 1. The molecule has 3 aromatic carbocycles. The molecule has 0 saturated heterocycles. The van der Waals surface area contributed by atoms with E-state index in [1.807, 2.05) is 87.1 Å². The quantitative estimate of drug-likeness (QED) is 0.379. The highest BCUT2D eigenvalue weighted by molar-refractivity contribution is 7.99. The zero-order valence-corrected chi connectivity index (χ0v) is 20.1. The highest BCUT2D eigenvalue weighted by Crippen LogP contribution is 2.30. The third kappa shape index (κ3) is 5.26. The summed E-state index contributed by atoms with van der Waals surface area (Å²) in [6, 6.07) is 24.2. The lowest BCUT2D eigenvalue weighted by Crippen LogP contribution is -2.15. The molecule has 0 saturated carbocycles. The van der Waals surface area contributed by atoms with Crippen molar-refractivity contribution in [2.75, 3.05) is 30.1 Å². The second-order valence-electron chi connectivity index (χ2n) is 8.08. The number of nitrogens with zero attached hydrogens (tertiary/aromatic N) is 4. The Morgan fingerprint density at radius 2 is 1.76 bits per heavy atom. The van der Waals surface area contributed by atoms with Gasteiger partial charge in [0, 0.05) is 36.7 Å². The van der Waals surface area contributed by atoms with Gasteiger partial charge in [-0.2, -0.15) is 0 Å². The molecule has 4 aromatic rings. The van der Waals surface area contributed by atoms with E-state index in [1.165, 1.54) is 17.3 Å². The van der Waals surface area contributed by atoms with Crippen molar-refractivity contribution in [2.24, 2.45) is 0 Å². The maximum atomic E-state index is 12.7. The third-order valence-electron chi connectivity index (χ3n) is 5.26. The fraction of sp³-hybridized carbons (Fsp3) is 0.192. The van der Waals surface area contributed by atoms with Crippen molar-refractivity contribution in [3.05, 3.63) is 83.9 Å². The molecular weight excluding hydrogens is 430 g/mol. The van der Waals surface area contributed by atoms with E-state index >= 15 is 0 Å². The maximum Gasteiger partial charge on any atom is 0.234 e. The number of para-hydroxylation sites is 1. The number of amides is 1. The van der Waals surface area contributed by atoms with E-state index in [0.29, 0.717) is 5.16 Å². The van der Waals surface area contributed by atoms with Crippen LogP contribution in [0, 0.1) is 13.8 Å². The van der Waals surface area contributed by atoms with Crippen LogP contribution in [0.5, 0.6) is 0 Å². The number of benzene rings is 3. The molecule has 0 spiro atoms. The average molecular weight is 458 g/mol. The Labute approximate surface area is 198 Å². The summed E-state index contributed by atoms with van der Waals surface area (Å²) >= 11 is 1.37. The van der Waals surface area contributed by atoms with Crippen molar-refractivity contribution < 1.29 is 4.79 Å². The molecule has 1 heterocycles. The molecule has 0 aliphatic heterocycles. The third-order valence-corrected chi connectivity index (χ3v) is 6.19. The summed E-state index contributed by atoms with van der Waals surface area (Å²) in [7, 11) is 4.02. The second-order valence-corrected chi connectivity index (χ2v) is 9.02.